The van der Waals surface area contributed by atoms with Crippen LogP contribution in [0.25, 0.3) is 0 Å². The molecule has 2 saturated heterocycles. The van der Waals surface area contributed by atoms with Crippen molar-refractivity contribution in [3.8, 4) is 5.75 Å². The molecule has 5 nitrogen and oxygen atoms in total. The molecule has 0 saturated carbocycles. The van der Waals surface area contributed by atoms with Crippen LogP contribution in [0.2, 0.25) is 0 Å². The first-order valence-electron chi connectivity index (χ1n) is 7.36. The minimum atomic E-state index is -3.48. The lowest BCUT2D eigenvalue weighted by atomic mass is 9.70. The van der Waals surface area contributed by atoms with Crippen LogP contribution < -0.4 is 4.74 Å². The summed E-state index contributed by atoms with van der Waals surface area (Å²) in [7, 11) is -3.48. The number of fused-ring (bicyclic) bond motifs is 2. The SMILES string of the molecule is O=S1(=O)CC2(CO1)CC1(CCCOC1)Oc1ccc(Br)cc12. The monoisotopic (exact) mass is 388 g/mol. The van der Waals surface area contributed by atoms with Crippen molar-refractivity contribution < 1.29 is 22.1 Å². The van der Waals surface area contributed by atoms with Gasteiger partial charge in [0.05, 0.1) is 19.0 Å². The minimum absolute atomic E-state index is 0.00850. The first-order chi connectivity index (χ1) is 10.4. The number of hydrogen-bond donors (Lipinski definition) is 0. The lowest BCUT2D eigenvalue weighted by molar-refractivity contribution is -0.0937. The maximum absolute atomic E-state index is 12.0. The Kier molecular flexibility index (Phi) is 3.35. The number of benzene rings is 1. The molecular formula is C15H17BrO5S. The highest BCUT2D eigenvalue weighted by atomic mass is 79.9. The maximum Gasteiger partial charge on any atom is 0.268 e. The van der Waals surface area contributed by atoms with Gasteiger partial charge in [0.15, 0.2) is 0 Å². The zero-order valence-electron chi connectivity index (χ0n) is 12.0. The van der Waals surface area contributed by atoms with E-state index in [1.165, 1.54) is 0 Å². The van der Waals surface area contributed by atoms with Gasteiger partial charge in [-0.05, 0) is 31.0 Å². The lowest BCUT2D eigenvalue weighted by Crippen LogP contribution is -2.54. The summed E-state index contributed by atoms with van der Waals surface area (Å²) in [5.74, 6) is 0.759. The molecule has 2 unspecified atom stereocenters. The van der Waals surface area contributed by atoms with Gasteiger partial charge in [-0.3, -0.25) is 4.18 Å². The Labute approximate surface area is 138 Å². The summed E-state index contributed by atoms with van der Waals surface area (Å²) in [5.41, 5.74) is -0.0710. The molecule has 0 radical (unpaired) electrons. The lowest BCUT2D eigenvalue weighted by Gasteiger charge is -2.47. The Bertz CT molecular complexity index is 711. The van der Waals surface area contributed by atoms with Gasteiger partial charge in [-0.25, -0.2) is 0 Å². The predicted octanol–water partition coefficient (Wildman–Crippen LogP) is 2.38. The van der Waals surface area contributed by atoms with Crippen molar-refractivity contribution in [2.75, 3.05) is 25.6 Å². The van der Waals surface area contributed by atoms with E-state index >= 15 is 0 Å². The molecule has 3 aliphatic rings. The Morgan fingerprint density at radius 3 is 2.77 bits per heavy atom. The average Bonchev–Trinajstić information content (AvgIpc) is 2.77. The van der Waals surface area contributed by atoms with Crippen molar-refractivity contribution in [2.45, 2.75) is 30.3 Å². The fourth-order valence-electron chi connectivity index (χ4n) is 3.92. The second-order valence-corrected chi connectivity index (χ2v) is 9.06. The third kappa shape index (κ3) is 2.38. The van der Waals surface area contributed by atoms with Gasteiger partial charge in [0.2, 0.25) is 0 Å². The summed E-state index contributed by atoms with van der Waals surface area (Å²) in [6.45, 7) is 1.42. The topological polar surface area (TPSA) is 61.8 Å². The van der Waals surface area contributed by atoms with Crippen molar-refractivity contribution >= 4 is 26.0 Å². The quantitative estimate of drug-likeness (QED) is 0.638. The van der Waals surface area contributed by atoms with E-state index in [1.807, 2.05) is 18.2 Å². The Morgan fingerprint density at radius 1 is 1.23 bits per heavy atom. The van der Waals surface area contributed by atoms with E-state index in [0.29, 0.717) is 13.0 Å². The standard InChI is InChI=1S/C15H17BrO5S/c16-11-2-3-13-12(6-11)14(8-20-22(17,18)10-14)7-15(21-13)4-1-5-19-9-15/h2-3,6H,1,4-5,7-10H2. The summed E-state index contributed by atoms with van der Waals surface area (Å²) in [5, 5.41) is 0. The van der Waals surface area contributed by atoms with E-state index in [1.54, 1.807) is 0 Å². The minimum Gasteiger partial charge on any atom is -0.485 e. The molecule has 1 aromatic carbocycles. The summed E-state index contributed by atoms with van der Waals surface area (Å²) in [6, 6.07) is 5.78. The van der Waals surface area contributed by atoms with Gasteiger partial charge in [0.1, 0.15) is 11.4 Å². The van der Waals surface area contributed by atoms with Crippen LogP contribution in [0.5, 0.6) is 5.75 Å². The number of ether oxygens (including phenoxy) is 2. The van der Waals surface area contributed by atoms with Crippen molar-refractivity contribution in [1.29, 1.82) is 0 Å². The van der Waals surface area contributed by atoms with Crippen molar-refractivity contribution in [3.63, 3.8) is 0 Å². The zero-order chi connectivity index (χ0) is 15.4. The first kappa shape index (κ1) is 14.9. The van der Waals surface area contributed by atoms with Crippen LogP contribution in [0.1, 0.15) is 24.8 Å². The molecule has 120 valence electrons. The van der Waals surface area contributed by atoms with E-state index in [-0.39, 0.29) is 12.4 Å². The fraction of sp³-hybridized carbons (Fsp3) is 0.600. The molecule has 0 N–H and O–H groups in total. The maximum atomic E-state index is 12.0. The normalized spacial score (nSPS) is 36.2. The van der Waals surface area contributed by atoms with Gasteiger partial charge in [-0.2, -0.15) is 8.42 Å². The molecule has 22 heavy (non-hydrogen) atoms. The van der Waals surface area contributed by atoms with Crippen LogP contribution in [0, 0.1) is 0 Å². The second-order valence-electron chi connectivity index (χ2n) is 6.50. The molecule has 0 aromatic heterocycles. The van der Waals surface area contributed by atoms with Crippen LogP contribution in [-0.4, -0.2) is 39.6 Å². The largest absolute Gasteiger partial charge is 0.485 e. The van der Waals surface area contributed by atoms with Gasteiger partial charge < -0.3 is 9.47 Å². The van der Waals surface area contributed by atoms with Crippen LogP contribution >= 0.6 is 15.9 Å². The van der Waals surface area contributed by atoms with Crippen molar-refractivity contribution in [2.24, 2.45) is 0 Å². The highest BCUT2D eigenvalue weighted by Gasteiger charge is 2.55. The van der Waals surface area contributed by atoms with Gasteiger partial charge in [0.25, 0.3) is 10.1 Å². The summed E-state index contributed by atoms with van der Waals surface area (Å²) in [6.07, 6.45) is 2.42. The van der Waals surface area contributed by atoms with E-state index in [4.69, 9.17) is 13.7 Å². The number of hydrogen-bond acceptors (Lipinski definition) is 5. The number of halogens is 1. The second kappa shape index (κ2) is 4.93. The van der Waals surface area contributed by atoms with E-state index in [0.717, 1.165) is 35.2 Å². The Balaban J connectivity index is 1.84. The van der Waals surface area contributed by atoms with Gasteiger partial charge in [-0.1, -0.05) is 15.9 Å². The highest BCUT2D eigenvalue weighted by Crippen LogP contribution is 2.51. The van der Waals surface area contributed by atoms with Gasteiger partial charge >= 0.3 is 0 Å². The fourth-order valence-corrected chi connectivity index (χ4v) is 5.78. The Morgan fingerprint density at radius 2 is 2.09 bits per heavy atom. The van der Waals surface area contributed by atoms with Crippen LogP contribution in [0.4, 0.5) is 0 Å². The zero-order valence-corrected chi connectivity index (χ0v) is 14.4. The third-order valence-corrected chi connectivity index (χ3v) is 6.63. The summed E-state index contributed by atoms with van der Waals surface area (Å²) in [4.78, 5) is 0. The van der Waals surface area contributed by atoms with Crippen molar-refractivity contribution in [1.82, 2.24) is 0 Å². The molecule has 1 aromatic rings. The molecule has 3 aliphatic heterocycles. The van der Waals surface area contributed by atoms with E-state index < -0.39 is 21.1 Å². The summed E-state index contributed by atoms with van der Waals surface area (Å²) < 4.78 is 41.9. The predicted molar refractivity (Wildman–Crippen MR) is 83.6 cm³/mol. The van der Waals surface area contributed by atoms with Gasteiger partial charge in [-0.15, -0.1) is 0 Å². The molecule has 2 spiro atoms. The first-order valence-corrected chi connectivity index (χ1v) is 9.73. The molecule has 0 amide bonds. The van der Waals surface area contributed by atoms with Gasteiger partial charge in [0, 0.05) is 28.5 Å². The number of rotatable bonds is 0. The van der Waals surface area contributed by atoms with E-state index in [2.05, 4.69) is 15.9 Å². The molecule has 2 atom stereocenters. The van der Waals surface area contributed by atoms with Crippen molar-refractivity contribution in [3.05, 3.63) is 28.2 Å². The highest BCUT2D eigenvalue weighted by molar-refractivity contribution is 9.10. The van der Waals surface area contributed by atoms with Crippen LogP contribution in [0.15, 0.2) is 22.7 Å². The smallest absolute Gasteiger partial charge is 0.268 e. The molecule has 0 bridgehead atoms. The Hall–Kier alpha value is -0.630. The molecular weight excluding hydrogens is 372 g/mol. The van der Waals surface area contributed by atoms with Crippen LogP contribution in [0.3, 0.4) is 0 Å². The van der Waals surface area contributed by atoms with Crippen LogP contribution in [-0.2, 0) is 24.5 Å². The molecule has 4 rings (SSSR count). The molecule has 0 aliphatic carbocycles. The molecule has 7 heteroatoms. The molecule has 3 heterocycles. The summed E-state index contributed by atoms with van der Waals surface area (Å²) >= 11 is 3.47. The average molecular weight is 389 g/mol. The third-order valence-electron chi connectivity index (χ3n) is 4.75. The molecule has 2 fully saturated rings. The van der Waals surface area contributed by atoms with E-state index in [9.17, 15) is 8.42 Å².